The van der Waals surface area contributed by atoms with Crippen LogP contribution in [0.5, 0.6) is 0 Å². The van der Waals surface area contributed by atoms with Crippen molar-refractivity contribution < 1.29 is 22.7 Å². The van der Waals surface area contributed by atoms with Crippen LogP contribution in [0.25, 0.3) is 6.08 Å². The first-order chi connectivity index (χ1) is 15.7. The number of carbonyl (C=O) groups is 1. The molecule has 3 heterocycles. The third-order valence-electron chi connectivity index (χ3n) is 4.78. The van der Waals surface area contributed by atoms with Gasteiger partial charge in [0.1, 0.15) is 0 Å². The Morgan fingerprint density at radius 1 is 1.21 bits per heavy atom. The molecule has 33 heavy (non-hydrogen) atoms. The van der Waals surface area contributed by atoms with Crippen LogP contribution in [0.2, 0.25) is 5.02 Å². The second-order valence-electron chi connectivity index (χ2n) is 6.90. The zero-order valence-corrected chi connectivity index (χ0v) is 18.5. The maximum Gasteiger partial charge on any atom is 0.434 e. The summed E-state index contributed by atoms with van der Waals surface area (Å²) >= 11 is 6.75. The van der Waals surface area contributed by atoms with Gasteiger partial charge in [0.15, 0.2) is 10.5 Å². The predicted molar refractivity (Wildman–Crippen MR) is 116 cm³/mol. The Kier molecular flexibility index (Phi) is 6.22. The number of nitrogens with zero attached hydrogens (tertiary/aromatic N) is 3. The van der Waals surface area contributed by atoms with E-state index in [2.05, 4.69) is 9.98 Å². The number of benzene rings is 1. The molecule has 0 radical (unpaired) electrons. The molecular weight excluding hydrogens is 479 g/mol. The van der Waals surface area contributed by atoms with Crippen LogP contribution >= 0.6 is 22.9 Å². The Morgan fingerprint density at radius 2 is 1.88 bits per heavy atom. The van der Waals surface area contributed by atoms with Gasteiger partial charge in [0.05, 0.1) is 22.8 Å². The highest BCUT2D eigenvalue weighted by Gasteiger charge is 2.45. The standard InChI is InChI=1S/C22H15ClF3N3O3S/c1-2-32-20(31)16-17(13-3-5-14(23)6-4-13)29-19(30)15(11-12-7-9-27-10-8-12)33-21(29)28-18(16)22(24,25)26/h3-11,17H,2H2,1H3/b15-11-/t17-/m1/s1. The number of halogens is 4. The number of hydrogen-bond donors (Lipinski definition) is 0. The monoisotopic (exact) mass is 493 g/mol. The number of aromatic nitrogens is 2. The lowest BCUT2D eigenvalue weighted by molar-refractivity contribution is -0.140. The Labute approximate surface area is 194 Å². The van der Waals surface area contributed by atoms with Crippen LogP contribution in [0.15, 0.2) is 69.8 Å². The van der Waals surface area contributed by atoms with Gasteiger partial charge in [0, 0.05) is 17.4 Å². The quantitative estimate of drug-likeness (QED) is 0.522. The van der Waals surface area contributed by atoms with Gasteiger partial charge in [0.25, 0.3) is 5.56 Å². The van der Waals surface area contributed by atoms with Gasteiger partial charge in [-0.3, -0.25) is 14.3 Å². The highest BCUT2D eigenvalue weighted by molar-refractivity contribution is 7.07. The maximum absolute atomic E-state index is 14.0. The van der Waals surface area contributed by atoms with Crippen LogP contribution < -0.4 is 14.9 Å². The van der Waals surface area contributed by atoms with Crippen LogP contribution in [0.4, 0.5) is 13.2 Å². The highest BCUT2D eigenvalue weighted by atomic mass is 35.5. The van der Waals surface area contributed by atoms with Gasteiger partial charge in [-0.1, -0.05) is 35.1 Å². The fourth-order valence-corrected chi connectivity index (χ4v) is 4.54. The number of esters is 1. The molecule has 170 valence electrons. The SMILES string of the molecule is CCOC(=O)C1=C(C(F)(F)F)N=c2s/c(=C\c3ccncc3)c(=O)n2[C@@H]1c1ccc(Cl)cc1. The fourth-order valence-electron chi connectivity index (χ4n) is 3.41. The van der Waals surface area contributed by atoms with E-state index in [1.54, 1.807) is 12.1 Å². The van der Waals surface area contributed by atoms with Crippen molar-refractivity contribution in [2.45, 2.75) is 19.1 Å². The number of carbonyl (C=O) groups excluding carboxylic acids is 1. The van der Waals surface area contributed by atoms with Crippen molar-refractivity contribution >= 4 is 35.0 Å². The molecule has 0 saturated heterocycles. The predicted octanol–water partition coefficient (Wildman–Crippen LogP) is 3.39. The summed E-state index contributed by atoms with van der Waals surface area (Å²) in [7, 11) is 0. The molecule has 3 aromatic rings. The largest absolute Gasteiger partial charge is 0.463 e. The molecule has 0 fully saturated rings. The van der Waals surface area contributed by atoms with Crippen molar-refractivity contribution in [1.82, 2.24) is 9.55 Å². The lowest BCUT2D eigenvalue weighted by atomic mass is 9.95. The number of rotatable bonds is 4. The number of allylic oxidation sites excluding steroid dienone is 1. The summed E-state index contributed by atoms with van der Waals surface area (Å²) in [6.45, 7) is 1.33. The van der Waals surface area contributed by atoms with Gasteiger partial charge < -0.3 is 4.74 Å². The zero-order chi connectivity index (χ0) is 23.8. The van der Waals surface area contributed by atoms with Crippen LogP contribution in [0, 0.1) is 0 Å². The van der Waals surface area contributed by atoms with Crippen molar-refractivity contribution in [1.29, 1.82) is 0 Å². The second kappa shape index (κ2) is 8.95. The molecule has 0 saturated carbocycles. The van der Waals surface area contributed by atoms with Gasteiger partial charge in [-0.2, -0.15) is 13.2 Å². The van der Waals surface area contributed by atoms with Gasteiger partial charge in [-0.25, -0.2) is 9.79 Å². The molecular formula is C22H15ClF3N3O3S. The Bertz CT molecular complexity index is 1410. The van der Waals surface area contributed by atoms with Crippen molar-refractivity contribution in [2.75, 3.05) is 6.61 Å². The molecule has 1 atom stereocenters. The van der Waals surface area contributed by atoms with Crippen molar-refractivity contribution in [3.8, 4) is 0 Å². The number of thiazole rings is 1. The molecule has 11 heteroatoms. The van der Waals surface area contributed by atoms with E-state index in [1.807, 2.05) is 0 Å². The number of fused-ring (bicyclic) bond motifs is 1. The third-order valence-corrected chi connectivity index (χ3v) is 6.02. The molecule has 0 aliphatic carbocycles. The van der Waals surface area contributed by atoms with Crippen molar-refractivity contribution in [2.24, 2.45) is 4.99 Å². The number of pyridine rings is 1. The lowest BCUT2D eigenvalue weighted by Gasteiger charge is -2.26. The van der Waals surface area contributed by atoms with Crippen LogP contribution in [0.3, 0.4) is 0 Å². The van der Waals surface area contributed by atoms with Crippen LogP contribution in [-0.2, 0) is 9.53 Å². The molecule has 1 aliphatic heterocycles. The minimum Gasteiger partial charge on any atom is -0.463 e. The maximum atomic E-state index is 14.0. The first-order valence-electron chi connectivity index (χ1n) is 9.66. The third kappa shape index (κ3) is 4.49. The molecule has 0 spiro atoms. The average molecular weight is 494 g/mol. The van der Waals surface area contributed by atoms with Gasteiger partial charge >= 0.3 is 12.1 Å². The summed E-state index contributed by atoms with van der Waals surface area (Å²) in [4.78, 5) is 33.5. The van der Waals surface area contributed by atoms with E-state index in [1.165, 1.54) is 49.7 Å². The minimum atomic E-state index is -4.95. The van der Waals surface area contributed by atoms with E-state index in [0.29, 0.717) is 10.6 Å². The first-order valence-corrected chi connectivity index (χ1v) is 10.9. The number of alkyl halides is 3. The summed E-state index contributed by atoms with van der Waals surface area (Å²) in [5.41, 5.74) is -1.83. The van der Waals surface area contributed by atoms with E-state index < -0.39 is 35.0 Å². The van der Waals surface area contributed by atoms with E-state index in [9.17, 15) is 22.8 Å². The number of ether oxygens (including phenoxy) is 1. The average Bonchev–Trinajstić information content (AvgIpc) is 3.08. The molecule has 1 aliphatic rings. The van der Waals surface area contributed by atoms with E-state index >= 15 is 0 Å². The zero-order valence-electron chi connectivity index (χ0n) is 17.0. The lowest BCUT2D eigenvalue weighted by Crippen LogP contribution is -2.41. The van der Waals surface area contributed by atoms with Crippen molar-refractivity contribution in [3.63, 3.8) is 0 Å². The Balaban J connectivity index is 2.06. The van der Waals surface area contributed by atoms with E-state index in [4.69, 9.17) is 16.3 Å². The molecule has 0 amide bonds. The molecule has 0 unspecified atom stereocenters. The molecule has 4 rings (SSSR count). The van der Waals surface area contributed by atoms with E-state index in [0.717, 1.165) is 15.9 Å². The molecule has 1 aromatic carbocycles. The fraction of sp³-hybridized carbons (Fsp3) is 0.182. The summed E-state index contributed by atoms with van der Waals surface area (Å²) < 4.78 is 48.2. The number of hydrogen-bond acceptors (Lipinski definition) is 6. The van der Waals surface area contributed by atoms with Crippen LogP contribution in [-0.4, -0.2) is 28.3 Å². The van der Waals surface area contributed by atoms with Gasteiger partial charge in [0.2, 0.25) is 0 Å². The summed E-state index contributed by atoms with van der Waals surface area (Å²) in [6, 6.07) is 7.78. The van der Waals surface area contributed by atoms with Crippen molar-refractivity contribution in [3.05, 3.63) is 95.9 Å². The molecule has 0 bridgehead atoms. The van der Waals surface area contributed by atoms with Crippen LogP contribution in [0.1, 0.15) is 24.1 Å². The second-order valence-corrected chi connectivity index (χ2v) is 8.34. The molecule has 0 N–H and O–H groups in total. The smallest absolute Gasteiger partial charge is 0.434 e. The van der Waals surface area contributed by atoms with E-state index in [-0.39, 0.29) is 21.5 Å². The topological polar surface area (TPSA) is 73.6 Å². The molecule has 2 aromatic heterocycles. The van der Waals surface area contributed by atoms with Gasteiger partial charge in [-0.15, -0.1) is 0 Å². The first kappa shape index (κ1) is 22.9. The minimum absolute atomic E-state index is 0.146. The Morgan fingerprint density at radius 3 is 2.48 bits per heavy atom. The molecule has 6 nitrogen and oxygen atoms in total. The normalized spacial score (nSPS) is 16.4. The summed E-state index contributed by atoms with van der Waals surface area (Å²) in [6.07, 6.45) is -0.362. The summed E-state index contributed by atoms with van der Waals surface area (Å²) in [5, 5.41) is 0.349. The summed E-state index contributed by atoms with van der Waals surface area (Å²) in [5.74, 6) is -1.20. The Hall–Kier alpha value is -3.24. The van der Waals surface area contributed by atoms with Gasteiger partial charge in [-0.05, 0) is 48.4 Å². The highest BCUT2D eigenvalue weighted by Crippen LogP contribution is 2.38.